The molecule has 1 amide bonds. The van der Waals surface area contributed by atoms with Crippen LogP contribution in [-0.4, -0.2) is 12.5 Å². The van der Waals surface area contributed by atoms with Crippen molar-refractivity contribution in [1.82, 2.24) is 0 Å². The molecule has 0 aliphatic carbocycles. The van der Waals surface area contributed by atoms with Crippen LogP contribution in [-0.2, 0) is 4.79 Å². The molecule has 0 radical (unpaired) electrons. The number of hydrogen-bond acceptors (Lipinski definition) is 3. The highest BCUT2D eigenvalue weighted by Gasteiger charge is 2.14. The predicted octanol–water partition coefficient (Wildman–Crippen LogP) is 6.14. The number of nitriles is 1. The molecule has 0 atom stereocenters. The number of nitrogens with one attached hydrogen (secondary N) is 1. The number of carbonyl (C=O) groups excluding carboxylic acids is 1. The van der Waals surface area contributed by atoms with E-state index in [-0.39, 0.29) is 5.57 Å². The fourth-order valence-electron chi connectivity index (χ4n) is 2.92. The summed E-state index contributed by atoms with van der Waals surface area (Å²) >= 11 is 6.13. The number of hydrogen-bond donors (Lipinski definition) is 1. The van der Waals surface area contributed by atoms with Crippen LogP contribution in [0.1, 0.15) is 24.5 Å². The summed E-state index contributed by atoms with van der Waals surface area (Å²) in [6, 6.07) is 18.9. The van der Waals surface area contributed by atoms with Gasteiger partial charge in [0.2, 0.25) is 0 Å². The summed E-state index contributed by atoms with van der Waals surface area (Å²) in [4.78, 5) is 12.7. The van der Waals surface area contributed by atoms with Gasteiger partial charge in [-0.15, -0.1) is 0 Å². The Kier molecular flexibility index (Phi) is 6.54. The van der Waals surface area contributed by atoms with Crippen LogP contribution in [0.15, 0.2) is 60.2 Å². The summed E-state index contributed by atoms with van der Waals surface area (Å²) in [5, 5.41) is 14.8. The summed E-state index contributed by atoms with van der Waals surface area (Å²) in [6.07, 6.45) is 2.44. The van der Waals surface area contributed by atoms with Gasteiger partial charge in [0, 0.05) is 16.3 Å². The van der Waals surface area contributed by atoms with Crippen LogP contribution in [0.3, 0.4) is 0 Å². The van der Waals surface area contributed by atoms with Crippen molar-refractivity contribution in [3.63, 3.8) is 0 Å². The average Bonchev–Trinajstić information content (AvgIpc) is 2.73. The highest BCUT2D eigenvalue weighted by atomic mass is 35.5. The molecule has 0 unspecified atom stereocenters. The van der Waals surface area contributed by atoms with E-state index in [9.17, 15) is 10.1 Å². The summed E-state index contributed by atoms with van der Waals surface area (Å²) in [7, 11) is 0. The summed E-state index contributed by atoms with van der Waals surface area (Å²) in [5.41, 5.74) is 2.14. The molecule has 3 aromatic rings. The quantitative estimate of drug-likeness (QED) is 0.396. The number of ether oxygens (including phenoxy) is 1. The first-order chi connectivity index (χ1) is 14.0. The van der Waals surface area contributed by atoms with Gasteiger partial charge >= 0.3 is 0 Å². The second-order valence-corrected chi connectivity index (χ2v) is 7.04. The Labute approximate surface area is 175 Å². The Morgan fingerprint density at radius 2 is 2.00 bits per heavy atom. The van der Waals surface area contributed by atoms with E-state index < -0.39 is 5.91 Å². The molecule has 4 nitrogen and oxygen atoms in total. The maximum Gasteiger partial charge on any atom is 0.266 e. The number of aryl methyl sites for hydroxylation is 1. The van der Waals surface area contributed by atoms with Gasteiger partial charge in [-0.3, -0.25) is 4.79 Å². The van der Waals surface area contributed by atoms with Crippen LogP contribution in [0.2, 0.25) is 5.02 Å². The van der Waals surface area contributed by atoms with E-state index in [1.165, 1.54) is 0 Å². The first-order valence-corrected chi connectivity index (χ1v) is 9.75. The van der Waals surface area contributed by atoms with Crippen molar-refractivity contribution in [2.45, 2.75) is 20.3 Å². The molecule has 0 heterocycles. The van der Waals surface area contributed by atoms with Crippen LogP contribution in [0.4, 0.5) is 5.69 Å². The third-order valence-corrected chi connectivity index (χ3v) is 4.88. The molecular weight excluding hydrogens is 384 g/mol. The molecule has 3 aromatic carbocycles. The van der Waals surface area contributed by atoms with Crippen molar-refractivity contribution in [1.29, 1.82) is 5.26 Å². The predicted molar refractivity (Wildman–Crippen MR) is 118 cm³/mol. The summed E-state index contributed by atoms with van der Waals surface area (Å²) in [6.45, 7) is 4.46. The van der Waals surface area contributed by atoms with Crippen molar-refractivity contribution in [3.8, 4) is 11.8 Å². The highest BCUT2D eigenvalue weighted by molar-refractivity contribution is 6.31. The van der Waals surface area contributed by atoms with E-state index >= 15 is 0 Å². The number of rotatable bonds is 6. The van der Waals surface area contributed by atoms with Gasteiger partial charge in [0.05, 0.1) is 6.61 Å². The minimum Gasteiger partial charge on any atom is -0.493 e. The van der Waals surface area contributed by atoms with Gasteiger partial charge in [0.25, 0.3) is 5.91 Å². The van der Waals surface area contributed by atoms with Gasteiger partial charge in [-0.1, -0.05) is 54.9 Å². The minimum atomic E-state index is -0.498. The fourth-order valence-corrected chi connectivity index (χ4v) is 3.10. The van der Waals surface area contributed by atoms with Crippen LogP contribution < -0.4 is 10.1 Å². The summed E-state index contributed by atoms with van der Waals surface area (Å²) < 4.78 is 5.86. The van der Waals surface area contributed by atoms with Crippen LogP contribution in [0.25, 0.3) is 16.8 Å². The van der Waals surface area contributed by atoms with Crippen molar-refractivity contribution in [2.75, 3.05) is 11.9 Å². The molecule has 0 spiro atoms. The fraction of sp³-hybridized carbons (Fsp3) is 0.167. The van der Waals surface area contributed by atoms with E-state index in [1.807, 2.05) is 62.4 Å². The highest BCUT2D eigenvalue weighted by Crippen LogP contribution is 2.31. The lowest BCUT2D eigenvalue weighted by Crippen LogP contribution is -2.13. The topological polar surface area (TPSA) is 62.1 Å². The van der Waals surface area contributed by atoms with Gasteiger partial charge in [-0.2, -0.15) is 5.26 Å². The number of fused-ring (bicyclic) bond motifs is 1. The number of amides is 1. The van der Waals surface area contributed by atoms with Crippen molar-refractivity contribution < 1.29 is 9.53 Å². The number of carbonyl (C=O) groups is 1. The molecular formula is C24H21ClN2O2. The molecule has 146 valence electrons. The molecule has 29 heavy (non-hydrogen) atoms. The zero-order valence-corrected chi connectivity index (χ0v) is 17.1. The third-order valence-electron chi connectivity index (χ3n) is 4.48. The van der Waals surface area contributed by atoms with E-state index in [1.54, 1.807) is 18.2 Å². The normalized spacial score (nSPS) is 11.2. The van der Waals surface area contributed by atoms with Crippen molar-refractivity contribution >= 4 is 40.0 Å². The third kappa shape index (κ3) is 4.77. The van der Waals surface area contributed by atoms with Gasteiger partial charge < -0.3 is 10.1 Å². The number of anilines is 1. The molecule has 0 aromatic heterocycles. The Morgan fingerprint density at radius 3 is 2.72 bits per heavy atom. The maximum absolute atomic E-state index is 12.7. The lowest BCUT2D eigenvalue weighted by atomic mass is 10.0. The van der Waals surface area contributed by atoms with E-state index in [0.29, 0.717) is 28.6 Å². The molecule has 0 aliphatic rings. The maximum atomic E-state index is 12.7. The molecule has 0 bridgehead atoms. The Bertz CT molecular complexity index is 1130. The molecule has 5 heteroatoms. The molecule has 0 saturated carbocycles. The number of halogens is 1. The number of benzene rings is 3. The Balaban J connectivity index is 2.01. The number of nitrogens with zero attached hydrogens (tertiary/aromatic N) is 1. The molecule has 0 aliphatic heterocycles. The largest absolute Gasteiger partial charge is 0.493 e. The lowest BCUT2D eigenvalue weighted by Gasteiger charge is -2.12. The average molecular weight is 405 g/mol. The van der Waals surface area contributed by atoms with Crippen LogP contribution in [0.5, 0.6) is 5.75 Å². The SMILES string of the molecule is CCCOc1ccc2ccccc2c1/C=C(\C#N)C(=O)Nc1ccc(C)c(Cl)c1. The van der Waals surface area contributed by atoms with Gasteiger partial charge in [0.15, 0.2) is 0 Å². The zero-order chi connectivity index (χ0) is 20.8. The molecule has 0 fully saturated rings. The smallest absolute Gasteiger partial charge is 0.266 e. The van der Waals surface area contributed by atoms with Gasteiger partial charge in [0.1, 0.15) is 17.4 Å². The monoisotopic (exact) mass is 404 g/mol. The van der Waals surface area contributed by atoms with Gasteiger partial charge in [-0.05, 0) is 54.0 Å². The van der Waals surface area contributed by atoms with E-state index in [0.717, 1.165) is 22.8 Å². The molecule has 0 saturated heterocycles. The standard InChI is InChI=1S/C24H21ClN2O2/c1-3-12-29-23-11-9-17-6-4-5-7-20(17)21(23)13-18(15-26)24(28)27-19-10-8-16(2)22(25)14-19/h4-11,13-14H,3,12H2,1-2H3,(H,27,28)/b18-13+. The first kappa shape index (κ1) is 20.4. The Morgan fingerprint density at radius 1 is 1.21 bits per heavy atom. The van der Waals surface area contributed by atoms with Crippen LogP contribution >= 0.6 is 11.6 Å². The zero-order valence-electron chi connectivity index (χ0n) is 16.3. The van der Waals surface area contributed by atoms with Crippen LogP contribution in [0, 0.1) is 18.3 Å². The van der Waals surface area contributed by atoms with E-state index in [4.69, 9.17) is 16.3 Å². The Hall–Kier alpha value is -3.29. The first-order valence-electron chi connectivity index (χ1n) is 9.37. The molecule has 3 rings (SSSR count). The minimum absolute atomic E-state index is 0.0144. The molecule has 1 N–H and O–H groups in total. The lowest BCUT2D eigenvalue weighted by molar-refractivity contribution is -0.112. The second kappa shape index (κ2) is 9.27. The van der Waals surface area contributed by atoms with Gasteiger partial charge in [-0.25, -0.2) is 0 Å². The second-order valence-electron chi connectivity index (χ2n) is 6.63. The summed E-state index contributed by atoms with van der Waals surface area (Å²) in [5.74, 6) is 0.145. The van der Waals surface area contributed by atoms with Crippen molar-refractivity contribution in [3.05, 3.63) is 76.3 Å². The van der Waals surface area contributed by atoms with E-state index in [2.05, 4.69) is 5.32 Å². The van der Waals surface area contributed by atoms with Crippen molar-refractivity contribution in [2.24, 2.45) is 0 Å².